The van der Waals surface area contributed by atoms with Crippen LogP contribution in [0.15, 0.2) is 24.5 Å². The van der Waals surface area contributed by atoms with E-state index in [1.807, 2.05) is 0 Å². The number of carboxylic acid groups (broad SMARTS) is 1. The van der Waals surface area contributed by atoms with E-state index in [0.29, 0.717) is 0 Å². The minimum atomic E-state index is -0.942. The Morgan fingerprint density at radius 2 is 2.30 bits per heavy atom. The molecule has 1 aromatic heterocycles. The second-order valence-corrected chi connectivity index (χ2v) is 1.55. The molecule has 0 saturated heterocycles. The van der Waals surface area contributed by atoms with Gasteiger partial charge in [0.15, 0.2) is 0 Å². The van der Waals surface area contributed by atoms with Gasteiger partial charge in [-0.25, -0.2) is 4.79 Å². The largest absolute Gasteiger partial charge is 0.478 e. The van der Waals surface area contributed by atoms with Crippen molar-refractivity contribution in [3.63, 3.8) is 0 Å². The van der Waals surface area contributed by atoms with Gasteiger partial charge in [0.1, 0.15) is 0 Å². The molecule has 0 amide bonds. The van der Waals surface area contributed by atoms with E-state index in [0.717, 1.165) is 0 Å². The number of hydrogen-bond donors (Lipinski definition) is 1. The number of carbonyl (C=O) groups is 1. The fraction of sp³-hybridized carbons (Fsp3) is 0. The molecule has 1 N–H and O–H groups in total. The van der Waals surface area contributed by atoms with Crippen molar-refractivity contribution < 1.29 is 9.90 Å². The van der Waals surface area contributed by atoms with Gasteiger partial charge in [0.05, 0.1) is 5.56 Å². The van der Waals surface area contributed by atoms with Crippen LogP contribution in [0.4, 0.5) is 0 Å². The predicted octanol–water partition coefficient (Wildman–Crippen LogP) is 0.399. The van der Waals surface area contributed by atoms with Crippen LogP contribution in [-0.2, 0) is 0 Å². The Labute approximate surface area is 101 Å². The smallest absolute Gasteiger partial charge is 0.337 e. The van der Waals surface area contributed by atoms with E-state index in [1.165, 1.54) is 18.5 Å². The Balaban J connectivity index is 0.000000810. The molecule has 0 aliphatic carbocycles. The van der Waals surface area contributed by atoms with Crippen LogP contribution in [-0.4, -0.2) is 67.4 Å². The third-order valence-electron chi connectivity index (χ3n) is 0.908. The first kappa shape index (κ1) is 10.3. The Morgan fingerprint density at radius 3 is 2.60 bits per heavy atom. The molecule has 10 heavy (non-hydrogen) atoms. The molecular formula is C6H5KNO2. The van der Waals surface area contributed by atoms with Crippen LogP contribution in [0, 0.1) is 0 Å². The molecule has 0 aromatic carbocycles. The Bertz CT molecular complexity index is 212. The molecular weight excluding hydrogens is 157 g/mol. The van der Waals surface area contributed by atoms with Gasteiger partial charge in [-0.3, -0.25) is 4.98 Å². The fourth-order valence-electron chi connectivity index (χ4n) is 0.489. The van der Waals surface area contributed by atoms with Crippen LogP contribution in [0.25, 0.3) is 0 Å². The van der Waals surface area contributed by atoms with Gasteiger partial charge in [0.2, 0.25) is 0 Å². The van der Waals surface area contributed by atoms with E-state index in [4.69, 9.17) is 5.11 Å². The maximum atomic E-state index is 10.2. The number of rotatable bonds is 1. The molecule has 1 radical (unpaired) electrons. The van der Waals surface area contributed by atoms with Gasteiger partial charge in [0.25, 0.3) is 0 Å². The third-order valence-corrected chi connectivity index (χ3v) is 0.908. The van der Waals surface area contributed by atoms with E-state index < -0.39 is 5.97 Å². The van der Waals surface area contributed by atoms with E-state index in [9.17, 15) is 4.79 Å². The number of carboxylic acids is 1. The Hall–Kier alpha value is 0.256. The summed E-state index contributed by atoms with van der Waals surface area (Å²) in [6.45, 7) is 0. The zero-order valence-corrected chi connectivity index (χ0v) is 8.74. The number of hydrogen-bond acceptors (Lipinski definition) is 2. The van der Waals surface area contributed by atoms with Crippen molar-refractivity contribution in [2.75, 3.05) is 0 Å². The number of aromatic nitrogens is 1. The molecule has 4 heteroatoms. The molecule has 0 aliphatic heterocycles. The SMILES string of the molecule is O=C(O)c1cccnc1.[K]. The summed E-state index contributed by atoms with van der Waals surface area (Å²) in [5.41, 5.74) is 0.220. The maximum absolute atomic E-state index is 10.2. The maximum Gasteiger partial charge on any atom is 0.337 e. The normalized spacial score (nSPS) is 8.00. The van der Waals surface area contributed by atoms with E-state index in [1.54, 1.807) is 6.07 Å². The molecule has 0 bridgehead atoms. The summed E-state index contributed by atoms with van der Waals surface area (Å²) in [6, 6.07) is 3.08. The number of nitrogens with zero attached hydrogens (tertiary/aromatic N) is 1. The van der Waals surface area contributed by atoms with Gasteiger partial charge in [-0.1, -0.05) is 0 Å². The van der Waals surface area contributed by atoms with Gasteiger partial charge in [-0.15, -0.1) is 0 Å². The van der Waals surface area contributed by atoms with Crippen molar-refractivity contribution in [3.05, 3.63) is 30.1 Å². The van der Waals surface area contributed by atoms with Crippen LogP contribution in [0.5, 0.6) is 0 Å². The molecule has 0 aliphatic rings. The Morgan fingerprint density at radius 1 is 1.60 bits per heavy atom. The Kier molecular flexibility index (Phi) is 5.11. The summed E-state index contributed by atoms with van der Waals surface area (Å²) in [4.78, 5) is 13.8. The average Bonchev–Trinajstić information content (AvgIpc) is 1.90. The summed E-state index contributed by atoms with van der Waals surface area (Å²) in [5.74, 6) is -0.942. The number of aromatic carboxylic acids is 1. The monoisotopic (exact) mass is 162 g/mol. The van der Waals surface area contributed by atoms with Gasteiger partial charge >= 0.3 is 5.97 Å². The third kappa shape index (κ3) is 2.89. The van der Waals surface area contributed by atoms with Gasteiger partial charge in [-0.2, -0.15) is 0 Å². The average molecular weight is 162 g/mol. The molecule has 1 rings (SSSR count). The van der Waals surface area contributed by atoms with Crippen LogP contribution < -0.4 is 0 Å². The van der Waals surface area contributed by atoms with Gasteiger partial charge in [0, 0.05) is 63.8 Å². The molecule has 0 spiro atoms. The zero-order valence-electron chi connectivity index (χ0n) is 5.61. The van der Waals surface area contributed by atoms with E-state index in [2.05, 4.69) is 4.98 Å². The topological polar surface area (TPSA) is 50.2 Å². The fourth-order valence-corrected chi connectivity index (χ4v) is 0.489. The molecule has 0 atom stereocenters. The minimum absolute atomic E-state index is 0. The molecule has 47 valence electrons. The van der Waals surface area contributed by atoms with Crippen molar-refractivity contribution >= 4 is 57.4 Å². The van der Waals surface area contributed by atoms with Gasteiger partial charge in [-0.05, 0) is 12.1 Å². The van der Waals surface area contributed by atoms with Crippen LogP contribution >= 0.6 is 0 Å². The van der Waals surface area contributed by atoms with Crippen molar-refractivity contribution in [1.82, 2.24) is 4.98 Å². The second kappa shape index (κ2) is 4.98. The van der Waals surface area contributed by atoms with E-state index in [-0.39, 0.29) is 56.9 Å². The van der Waals surface area contributed by atoms with Crippen molar-refractivity contribution in [1.29, 1.82) is 0 Å². The first-order chi connectivity index (χ1) is 4.30. The van der Waals surface area contributed by atoms with Crippen molar-refractivity contribution in [2.24, 2.45) is 0 Å². The van der Waals surface area contributed by atoms with Crippen LogP contribution in [0.3, 0.4) is 0 Å². The van der Waals surface area contributed by atoms with E-state index >= 15 is 0 Å². The quantitative estimate of drug-likeness (QED) is 0.608. The molecule has 0 fully saturated rings. The minimum Gasteiger partial charge on any atom is -0.478 e. The summed E-state index contributed by atoms with van der Waals surface area (Å²) >= 11 is 0. The van der Waals surface area contributed by atoms with Crippen LogP contribution in [0.1, 0.15) is 10.4 Å². The number of pyridine rings is 1. The molecule has 0 unspecified atom stereocenters. The van der Waals surface area contributed by atoms with Crippen molar-refractivity contribution in [3.8, 4) is 0 Å². The predicted molar refractivity (Wildman–Crippen MR) is 37.0 cm³/mol. The molecule has 3 nitrogen and oxygen atoms in total. The van der Waals surface area contributed by atoms with Gasteiger partial charge < -0.3 is 5.11 Å². The summed E-state index contributed by atoms with van der Waals surface area (Å²) in [5, 5.41) is 8.34. The molecule has 1 heterocycles. The zero-order chi connectivity index (χ0) is 6.69. The summed E-state index contributed by atoms with van der Waals surface area (Å²) < 4.78 is 0. The first-order valence-corrected chi connectivity index (χ1v) is 2.44. The molecule has 0 saturated carbocycles. The van der Waals surface area contributed by atoms with Crippen LogP contribution in [0.2, 0.25) is 0 Å². The second-order valence-electron chi connectivity index (χ2n) is 1.55. The summed E-state index contributed by atoms with van der Waals surface area (Å²) in [7, 11) is 0. The molecule has 1 aromatic rings. The van der Waals surface area contributed by atoms with Crippen molar-refractivity contribution in [2.45, 2.75) is 0 Å². The standard InChI is InChI=1S/C6H5NO2.K/c8-6(9)5-2-1-3-7-4-5;/h1-4H,(H,8,9);. The summed E-state index contributed by atoms with van der Waals surface area (Å²) in [6.07, 6.45) is 2.84. The first-order valence-electron chi connectivity index (χ1n) is 2.44.